The number of H-pyrrole nitrogens is 1. The van der Waals surface area contributed by atoms with Gasteiger partial charge in [0.05, 0.1) is 0 Å². The molecule has 1 aliphatic rings. The zero-order valence-corrected chi connectivity index (χ0v) is 13.9. The molecule has 0 aliphatic carbocycles. The van der Waals surface area contributed by atoms with Crippen molar-refractivity contribution in [1.29, 1.82) is 0 Å². The number of hydrogen-bond acceptors (Lipinski definition) is 4. The third kappa shape index (κ3) is 2.55. The van der Waals surface area contributed by atoms with Gasteiger partial charge in [0.1, 0.15) is 5.82 Å². The van der Waals surface area contributed by atoms with Gasteiger partial charge in [-0.05, 0) is 31.5 Å². The summed E-state index contributed by atoms with van der Waals surface area (Å²) in [6.07, 6.45) is 8.12. The summed E-state index contributed by atoms with van der Waals surface area (Å²) < 4.78 is 1.86. The molecule has 4 aromatic rings. The normalized spacial score (nSPS) is 18.0. The van der Waals surface area contributed by atoms with E-state index in [-0.39, 0.29) is 0 Å². The minimum atomic E-state index is 0.415. The molecule has 5 rings (SSSR count). The van der Waals surface area contributed by atoms with Crippen LogP contribution < -0.4 is 10.6 Å². The molecule has 1 aromatic carbocycles. The van der Waals surface area contributed by atoms with E-state index in [0.29, 0.717) is 6.04 Å². The number of aromatic amines is 1. The van der Waals surface area contributed by atoms with E-state index < -0.39 is 0 Å². The summed E-state index contributed by atoms with van der Waals surface area (Å²) in [5.41, 5.74) is 4.24. The summed E-state index contributed by atoms with van der Waals surface area (Å²) in [6.45, 7) is 2.08. The molecule has 6 heteroatoms. The van der Waals surface area contributed by atoms with Crippen LogP contribution in [0, 0.1) is 0 Å². The molecule has 4 heterocycles. The van der Waals surface area contributed by atoms with Crippen molar-refractivity contribution in [3.8, 4) is 11.1 Å². The van der Waals surface area contributed by atoms with E-state index in [2.05, 4.69) is 56.2 Å². The molecule has 0 amide bonds. The van der Waals surface area contributed by atoms with E-state index >= 15 is 0 Å². The molecule has 3 N–H and O–H groups in total. The Balaban J connectivity index is 1.62. The summed E-state index contributed by atoms with van der Waals surface area (Å²) in [4.78, 5) is 7.87. The zero-order chi connectivity index (χ0) is 16.6. The smallest absolute Gasteiger partial charge is 0.161 e. The average molecular weight is 332 g/mol. The predicted octanol–water partition coefficient (Wildman–Crippen LogP) is 3.04. The maximum absolute atomic E-state index is 4.68. The van der Waals surface area contributed by atoms with Crippen LogP contribution in [0.2, 0.25) is 0 Å². The van der Waals surface area contributed by atoms with Crippen molar-refractivity contribution in [2.24, 2.45) is 0 Å². The number of benzene rings is 1. The van der Waals surface area contributed by atoms with Crippen LogP contribution in [0.4, 0.5) is 5.82 Å². The van der Waals surface area contributed by atoms with Crippen molar-refractivity contribution in [3.63, 3.8) is 0 Å². The number of nitrogens with zero attached hydrogens (tertiary/aromatic N) is 3. The number of fused-ring (bicyclic) bond motifs is 2. The lowest BCUT2D eigenvalue weighted by Gasteiger charge is -2.24. The molecule has 25 heavy (non-hydrogen) atoms. The summed E-state index contributed by atoms with van der Waals surface area (Å²) in [6, 6.07) is 10.9. The molecule has 1 saturated heterocycles. The molecular weight excluding hydrogens is 312 g/mol. The number of piperidine rings is 1. The summed E-state index contributed by atoms with van der Waals surface area (Å²) in [7, 11) is 0. The molecule has 3 aromatic heterocycles. The van der Waals surface area contributed by atoms with Crippen molar-refractivity contribution in [2.75, 3.05) is 18.4 Å². The van der Waals surface area contributed by atoms with Crippen molar-refractivity contribution in [2.45, 2.75) is 18.9 Å². The average Bonchev–Trinajstić information content (AvgIpc) is 3.29. The lowest BCUT2D eigenvalue weighted by molar-refractivity contribution is 0.478. The minimum Gasteiger partial charge on any atom is -0.365 e. The Kier molecular flexibility index (Phi) is 3.41. The Hall–Kier alpha value is -2.86. The Morgan fingerprint density at radius 2 is 2.16 bits per heavy atom. The van der Waals surface area contributed by atoms with Gasteiger partial charge in [0.25, 0.3) is 0 Å². The Morgan fingerprint density at radius 1 is 1.20 bits per heavy atom. The first-order chi connectivity index (χ1) is 12.4. The highest BCUT2D eigenvalue weighted by Gasteiger charge is 2.16. The number of anilines is 1. The second kappa shape index (κ2) is 5.89. The lowest BCUT2D eigenvalue weighted by atomic mass is 10.1. The van der Waals surface area contributed by atoms with E-state index in [0.717, 1.165) is 41.2 Å². The molecule has 0 unspecified atom stereocenters. The van der Waals surface area contributed by atoms with Gasteiger partial charge in [-0.3, -0.25) is 0 Å². The van der Waals surface area contributed by atoms with Gasteiger partial charge in [0.2, 0.25) is 0 Å². The standard InChI is InChI=1S/C19H20N6/c1-2-6-17-14(5-1)16(12-22-17)15-10-18(23-13-4-3-7-20-11-13)24-25-9-8-21-19(15)25/h1-2,5-6,8-10,12-13,20,22H,3-4,7,11H2,(H,23,24)/t13-/m1/s1. The Labute approximate surface area is 145 Å². The number of imidazole rings is 1. The van der Waals surface area contributed by atoms with E-state index in [4.69, 9.17) is 0 Å². The SMILES string of the molecule is c1ccc2c(-c3cc(N[C@@H]4CCCNC4)nn4ccnc34)c[nH]c2c1. The number of rotatable bonds is 3. The van der Waals surface area contributed by atoms with Crippen LogP contribution in [0.1, 0.15) is 12.8 Å². The van der Waals surface area contributed by atoms with E-state index in [1.807, 2.05) is 16.8 Å². The number of hydrogen-bond donors (Lipinski definition) is 3. The van der Waals surface area contributed by atoms with Crippen LogP contribution in [0.25, 0.3) is 27.7 Å². The molecule has 0 saturated carbocycles. The second-order valence-corrected chi connectivity index (χ2v) is 6.57. The maximum atomic E-state index is 4.68. The van der Waals surface area contributed by atoms with Gasteiger partial charge in [0.15, 0.2) is 5.65 Å². The molecule has 6 nitrogen and oxygen atoms in total. The van der Waals surface area contributed by atoms with Crippen LogP contribution in [-0.2, 0) is 0 Å². The van der Waals surface area contributed by atoms with Crippen molar-refractivity contribution in [1.82, 2.24) is 24.9 Å². The van der Waals surface area contributed by atoms with Crippen LogP contribution in [0.5, 0.6) is 0 Å². The maximum Gasteiger partial charge on any atom is 0.161 e. The lowest BCUT2D eigenvalue weighted by Crippen LogP contribution is -2.38. The summed E-state index contributed by atoms with van der Waals surface area (Å²) >= 11 is 0. The first-order valence-electron chi connectivity index (χ1n) is 8.76. The topological polar surface area (TPSA) is 70.0 Å². The number of para-hydroxylation sites is 1. The molecule has 1 fully saturated rings. The fourth-order valence-electron chi connectivity index (χ4n) is 3.66. The van der Waals surface area contributed by atoms with Crippen molar-refractivity contribution >= 4 is 22.4 Å². The van der Waals surface area contributed by atoms with Gasteiger partial charge in [-0.1, -0.05) is 18.2 Å². The van der Waals surface area contributed by atoms with Gasteiger partial charge in [-0.15, -0.1) is 5.10 Å². The Morgan fingerprint density at radius 3 is 3.08 bits per heavy atom. The van der Waals surface area contributed by atoms with Gasteiger partial charge < -0.3 is 15.6 Å². The minimum absolute atomic E-state index is 0.415. The van der Waals surface area contributed by atoms with E-state index in [1.54, 1.807) is 6.20 Å². The molecule has 1 aliphatic heterocycles. The Bertz CT molecular complexity index is 1020. The van der Waals surface area contributed by atoms with Gasteiger partial charge in [-0.25, -0.2) is 9.50 Å². The van der Waals surface area contributed by atoms with Gasteiger partial charge >= 0.3 is 0 Å². The summed E-state index contributed by atoms with van der Waals surface area (Å²) in [5.74, 6) is 0.888. The molecule has 1 atom stereocenters. The quantitative estimate of drug-likeness (QED) is 0.539. The highest BCUT2D eigenvalue weighted by atomic mass is 15.3. The zero-order valence-electron chi connectivity index (χ0n) is 13.9. The molecule has 0 spiro atoms. The monoisotopic (exact) mass is 332 g/mol. The molecule has 0 radical (unpaired) electrons. The second-order valence-electron chi connectivity index (χ2n) is 6.57. The molecule has 126 valence electrons. The third-order valence-corrected chi connectivity index (χ3v) is 4.89. The highest BCUT2D eigenvalue weighted by Crippen LogP contribution is 2.32. The van der Waals surface area contributed by atoms with Gasteiger partial charge in [0, 0.05) is 53.2 Å². The van der Waals surface area contributed by atoms with Crippen molar-refractivity contribution < 1.29 is 0 Å². The molecule has 0 bridgehead atoms. The number of aromatic nitrogens is 4. The summed E-state index contributed by atoms with van der Waals surface area (Å²) in [5, 5.41) is 12.9. The fraction of sp³-hybridized carbons (Fsp3) is 0.263. The van der Waals surface area contributed by atoms with Crippen LogP contribution >= 0.6 is 0 Å². The van der Waals surface area contributed by atoms with Crippen LogP contribution in [-0.4, -0.2) is 38.7 Å². The highest BCUT2D eigenvalue weighted by molar-refractivity contribution is 5.99. The van der Waals surface area contributed by atoms with Crippen LogP contribution in [0.3, 0.4) is 0 Å². The fourth-order valence-corrected chi connectivity index (χ4v) is 3.66. The van der Waals surface area contributed by atoms with E-state index in [9.17, 15) is 0 Å². The van der Waals surface area contributed by atoms with Crippen molar-refractivity contribution in [3.05, 3.63) is 48.9 Å². The van der Waals surface area contributed by atoms with Crippen LogP contribution in [0.15, 0.2) is 48.9 Å². The molecular formula is C19H20N6. The third-order valence-electron chi connectivity index (χ3n) is 4.89. The number of nitrogens with one attached hydrogen (secondary N) is 3. The van der Waals surface area contributed by atoms with E-state index in [1.165, 1.54) is 18.2 Å². The first-order valence-corrected chi connectivity index (χ1v) is 8.76. The predicted molar refractivity (Wildman–Crippen MR) is 99.8 cm³/mol. The largest absolute Gasteiger partial charge is 0.365 e. The van der Waals surface area contributed by atoms with Gasteiger partial charge in [-0.2, -0.15) is 0 Å². The first kappa shape index (κ1) is 14.5.